The highest BCUT2D eigenvalue weighted by Gasteiger charge is 2.22. The number of carbonyl (C=O) groups excluding carboxylic acids is 1. The molecule has 0 saturated carbocycles. The van der Waals surface area contributed by atoms with Gasteiger partial charge in [-0.3, -0.25) is 9.78 Å². The van der Waals surface area contributed by atoms with Gasteiger partial charge in [0.15, 0.2) is 0 Å². The zero-order chi connectivity index (χ0) is 11.4. The molecule has 0 radical (unpaired) electrons. The zero-order valence-electron chi connectivity index (χ0n) is 8.98. The number of nitrogens with zero attached hydrogens (tertiary/aromatic N) is 1. The van der Waals surface area contributed by atoms with Gasteiger partial charge in [0.1, 0.15) is 0 Å². The average molecular weight is 237 g/mol. The third kappa shape index (κ3) is 2.66. The fourth-order valence-electron chi connectivity index (χ4n) is 1.68. The molecule has 1 unspecified atom stereocenters. The number of hydrogen-bond acceptors (Lipinski definition) is 4. The van der Waals surface area contributed by atoms with Crippen LogP contribution in [-0.4, -0.2) is 22.7 Å². The van der Waals surface area contributed by atoms with Gasteiger partial charge >= 0.3 is 0 Å². The van der Waals surface area contributed by atoms with Crippen molar-refractivity contribution in [1.29, 1.82) is 0 Å². The lowest BCUT2D eigenvalue weighted by molar-refractivity contribution is -0.120. The van der Waals surface area contributed by atoms with Crippen molar-refractivity contribution in [2.45, 2.75) is 29.4 Å². The van der Waals surface area contributed by atoms with Gasteiger partial charge in [0, 0.05) is 17.6 Å². The molecule has 5 heteroatoms. The van der Waals surface area contributed by atoms with Crippen LogP contribution in [0.5, 0.6) is 0 Å². The molecule has 1 atom stereocenters. The average Bonchev–Trinajstić information content (AvgIpc) is 2.48. The molecule has 1 aliphatic rings. The highest BCUT2D eigenvalue weighted by atomic mass is 32.2. The second-order valence-electron chi connectivity index (χ2n) is 3.81. The molecule has 16 heavy (non-hydrogen) atoms. The number of rotatable bonds is 2. The lowest BCUT2D eigenvalue weighted by atomic mass is 10.2. The van der Waals surface area contributed by atoms with E-state index in [2.05, 4.69) is 10.3 Å². The molecule has 1 saturated heterocycles. The Morgan fingerprint density at radius 2 is 2.38 bits per heavy atom. The largest absolute Gasteiger partial charge is 0.397 e. The first kappa shape index (κ1) is 11.3. The Morgan fingerprint density at radius 3 is 3.19 bits per heavy atom. The maximum Gasteiger partial charge on any atom is 0.233 e. The molecule has 0 bridgehead atoms. The van der Waals surface area contributed by atoms with E-state index in [0.29, 0.717) is 5.69 Å². The number of nitrogens with one attached hydrogen (secondary N) is 1. The third-order valence-electron chi connectivity index (χ3n) is 2.56. The van der Waals surface area contributed by atoms with Gasteiger partial charge in [-0.25, -0.2) is 0 Å². The number of pyridine rings is 1. The molecule has 3 N–H and O–H groups in total. The Bertz CT molecular complexity index is 383. The highest BCUT2D eigenvalue weighted by Crippen LogP contribution is 2.31. The van der Waals surface area contributed by atoms with E-state index in [9.17, 15) is 4.79 Å². The van der Waals surface area contributed by atoms with E-state index < -0.39 is 0 Å². The number of nitrogen functional groups attached to an aromatic ring is 1. The summed E-state index contributed by atoms with van der Waals surface area (Å²) in [6.07, 6.45) is 6.39. The number of aromatic nitrogens is 1. The van der Waals surface area contributed by atoms with Crippen LogP contribution in [0.3, 0.4) is 0 Å². The zero-order valence-corrected chi connectivity index (χ0v) is 9.80. The van der Waals surface area contributed by atoms with Gasteiger partial charge in [-0.05, 0) is 18.9 Å². The monoisotopic (exact) mass is 237 g/mol. The maximum absolute atomic E-state index is 11.7. The molecular formula is C11H15N3OS. The van der Waals surface area contributed by atoms with Gasteiger partial charge in [-0.15, -0.1) is 11.8 Å². The fourth-order valence-corrected chi connectivity index (χ4v) is 2.79. The Labute approximate surface area is 99.0 Å². The number of nitrogens with two attached hydrogens (primary N) is 1. The van der Waals surface area contributed by atoms with Crippen molar-refractivity contribution < 1.29 is 4.79 Å². The van der Waals surface area contributed by atoms with E-state index in [1.807, 2.05) is 6.07 Å². The Hall–Kier alpha value is -1.23. The van der Waals surface area contributed by atoms with Crippen molar-refractivity contribution in [2.75, 3.05) is 12.3 Å². The highest BCUT2D eigenvalue weighted by molar-refractivity contribution is 8.00. The number of hydrogen-bond donors (Lipinski definition) is 2. The molecule has 2 rings (SSSR count). The van der Waals surface area contributed by atoms with Crippen LogP contribution in [0.1, 0.15) is 19.3 Å². The molecule has 4 nitrogen and oxygen atoms in total. The molecule has 0 aliphatic carbocycles. The molecule has 0 aromatic carbocycles. The van der Waals surface area contributed by atoms with Gasteiger partial charge in [-0.1, -0.05) is 6.42 Å². The van der Waals surface area contributed by atoms with Crippen molar-refractivity contribution in [1.82, 2.24) is 10.3 Å². The number of amides is 1. The number of thioether (sulfide) groups is 1. The Kier molecular flexibility index (Phi) is 3.66. The van der Waals surface area contributed by atoms with E-state index in [1.54, 1.807) is 12.4 Å². The van der Waals surface area contributed by atoms with Gasteiger partial charge in [0.25, 0.3) is 0 Å². The molecule has 86 valence electrons. The lowest BCUT2D eigenvalue weighted by Gasteiger charge is -2.13. The van der Waals surface area contributed by atoms with E-state index >= 15 is 0 Å². The molecule has 1 aromatic heterocycles. The van der Waals surface area contributed by atoms with Gasteiger partial charge in [-0.2, -0.15) is 0 Å². The van der Waals surface area contributed by atoms with Gasteiger partial charge in [0.05, 0.1) is 17.1 Å². The number of anilines is 1. The molecule has 1 amide bonds. The maximum atomic E-state index is 11.7. The Balaban J connectivity index is 2.08. The van der Waals surface area contributed by atoms with Crippen LogP contribution in [0.2, 0.25) is 0 Å². The van der Waals surface area contributed by atoms with Gasteiger partial charge < -0.3 is 11.1 Å². The fraction of sp³-hybridized carbons (Fsp3) is 0.455. The summed E-state index contributed by atoms with van der Waals surface area (Å²) in [5.41, 5.74) is 6.45. The minimum atomic E-state index is -0.0211. The minimum Gasteiger partial charge on any atom is -0.397 e. The summed E-state index contributed by atoms with van der Waals surface area (Å²) in [5, 5.41) is 2.90. The summed E-state index contributed by atoms with van der Waals surface area (Å²) < 4.78 is 0. The van der Waals surface area contributed by atoms with Crippen LogP contribution in [0.4, 0.5) is 5.69 Å². The van der Waals surface area contributed by atoms with E-state index in [0.717, 1.165) is 30.7 Å². The van der Waals surface area contributed by atoms with E-state index in [1.165, 1.54) is 11.8 Å². The SMILES string of the molecule is Nc1cnccc1SC1CCCCNC1=O. The summed E-state index contributed by atoms with van der Waals surface area (Å²) in [5.74, 6) is 0.124. The molecule has 2 heterocycles. The normalized spacial score (nSPS) is 21.2. The summed E-state index contributed by atoms with van der Waals surface area (Å²) in [6, 6.07) is 1.86. The summed E-state index contributed by atoms with van der Waals surface area (Å²) in [4.78, 5) is 16.6. The van der Waals surface area contributed by atoms with Crippen LogP contribution in [0.15, 0.2) is 23.4 Å². The molecule has 1 fully saturated rings. The third-order valence-corrected chi connectivity index (χ3v) is 3.92. The van der Waals surface area contributed by atoms with Crippen LogP contribution in [0.25, 0.3) is 0 Å². The molecular weight excluding hydrogens is 222 g/mol. The topological polar surface area (TPSA) is 68.0 Å². The minimum absolute atomic E-state index is 0.0211. The lowest BCUT2D eigenvalue weighted by Crippen LogP contribution is -2.30. The predicted octanol–water partition coefficient (Wildman–Crippen LogP) is 1.42. The van der Waals surface area contributed by atoms with Crippen LogP contribution < -0.4 is 11.1 Å². The second kappa shape index (κ2) is 5.21. The molecule has 0 spiro atoms. The quantitative estimate of drug-likeness (QED) is 0.816. The molecule has 1 aromatic rings. The van der Waals surface area contributed by atoms with Crippen molar-refractivity contribution in [3.63, 3.8) is 0 Å². The standard InChI is InChI=1S/C11H15N3OS/c12-8-7-13-6-4-9(8)16-10-3-1-2-5-14-11(10)15/h4,6-7,10H,1-3,5,12H2,(H,14,15). The van der Waals surface area contributed by atoms with Gasteiger partial charge in [0.2, 0.25) is 5.91 Å². The van der Waals surface area contributed by atoms with Crippen molar-refractivity contribution in [3.8, 4) is 0 Å². The Morgan fingerprint density at radius 1 is 1.50 bits per heavy atom. The number of carbonyl (C=O) groups is 1. The summed E-state index contributed by atoms with van der Waals surface area (Å²) >= 11 is 1.54. The van der Waals surface area contributed by atoms with Crippen LogP contribution in [-0.2, 0) is 4.79 Å². The van der Waals surface area contributed by atoms with Crippen molar-refractivity contribution in [3.05, 3.63) is 18.5 Å². The first-order valence-electron chi connectivity index (χ1n) is 5.41. The smallest absolute Gasteiger partial charge is 0.233 e. The van der Waals surface area contributed by atoms with E-state index in [-0.39, 0.29) is 11.2 Å². The molecule has 1 aliphatic heterocycles. The first-order chi connectivity index (χ1) is 7.77. The van der Waals surface area contributed by atoms with Crippen molar-refractivity contribution >= 4 is 23.4 Å². The van der Waals surface area contributed by atoms with E-state index in [4.69, 9.17) is 5.73 Å². The summed E-state index contributed by atoms with van der Waals surface area (Å²) in [7, 11) is 0. The summed E-state index contributed by atoms with van der Waals surface area (Å²) in [6.45, 7) is 0.793. The van der Waals surface area contributed by atoms with Crippen molar-refractivity contribution in [2.24, 2.45) is 0 Å². The van der Waals surface area contributed by atoms with Crippen LogP contribution in [0, 0.1) is 0 Å². The first-order valence-corrected chi connectivity index (χ1v) is 6.29. The van der Waals surface area contributed by atoms with Crippen LogP contribution >= 0.6 is 11.8 Å². The predicted molar refractivity (Wildman–Crippen MR) is 65.2 cm³/mol. The second-order valence-corrected chi connectivity index (χ2v) is 5.05.